The molecule has 1 aliphatic carbocycles. The number of amides is 2. The Balaban J connectivity index is 1.70. The number of fused-ring (bicyclic) bond motifs is 2. The lowest BCUT2D eigenvalue weighted by Gasteiger charge is -2.12. The number of carboxylic acids is 1. The fraction of sp³-hybridized carbons (Fsp3) is 0.350. The van der Waals surface area contributed by atoms with E-state index in [2.05, 4.69) is 10.3 Å². The van der Waals surface area contributed by atoms with Crippen molar-refractivity contribution in [2.45, 2.75) is 45.6 Å². The molecule has 162 valence electrons. The number of carboxylic acid groups (broad SMARTS) is 1. The van der Waals surface area contributed by atoms with Crippen LogP contribution in [0.25, 0.3) is 10.2 Å². The maximum absolute atomic E-state index is 13.0. The molecule has 0 aliphatic heterocycles. The Hall–Kier alpha value is -3.05. The number of hydrogen-bond acceptors (Lipinski definition) is 7. The van der Waals surface area contributed by atoms with Gasteiger partial charge in [0, 0.05) is 16.7 Å². The molecule has 11 heteroatoms. The van der Waals surface area contributed by atoms with E-state index in [9.17, 15) is 24.3 Å². The van der Waals surface area contributed by atoms with Crippen LogP contribution in [0.15, 0.2) is 10.2 Å². The third kappa shape index (κ3) is 3.74. The van der Waals surface area contributed by atoms with Crippen molar-refractivity contribution in [1.29, 1.82) is 0 Å². The highest BCUT2D eigenvalue weighted by atomic mass is 32.1. The predicted octanol–water partition coefficient (Wildman–Crippen LogP) is 2.40. The number of anilines is 1. The second-order valence-corrected chi connectivity index (χ2v) is 9.20. The summed E-state index contributed by atoms with van der Waals surface area (Å²) in [6, 6.07) is 0. The normalized spacial score (nSPS) is 13.2. The largest absolute Gasteiger partial charge is 0.478 e. The summed E-state index contributed by atoms with van der Waals surface area (Å²) < 4.78 is 1.19. The van der Waals surface area contributed by atoms with Crippen LogP contribution in [0.3, 0.4) is 0 Å². The summed E-state index contributed by atoms with van der Waals surface area (Å²) in [5, 5.41) is 13.9. The molecule has 0 spiro atoms. The lowest BCUT2D eigenvalue weighted by atomic mass is 9.95. The average molecular weight is 461 g/mol. The topological polar surface area (TPSA) is 144 Å². The van der Waals surface area contributed by atoms with Crippen molar-refractivity contribution >= 4 is 55.7 Å². The van der Waals surface area contributed by atoms with Crippen molar-refractivity contribution in [3.05, 3.63) is 43.1 Å². The van der Waals surface area contributed by atoms with Gasteiger partial charge in [-0.1, -0.05) is 6.92 Å². The first-order valence-electron chi connectivity index (χ1n) is 9.80. The summed E-state index contributed by atoms with van der Waals surface area (Å²) in [4.78, 5) is 55.1. The molecule has 2 amide bonds. The molecule has 0 saturated heterocycles. The van der Waals surface area contributed by atoms with Crippen LogP contribution in [0.2, 0.25) is 0 Å². The highest BCUT2D eigenvalue weighted by molar-refractivity contribution is 7.17. The number of carbonyl (C=O) groups excluding carboxylic acids is 2. The lowest BCUT2D eigenvalue weighted by molar-refractivity contribution is -0.116. The first kappa shape index (κ1) is 21.2. The van der Waals surface area contributed by atoms with Crippen LogP contribution in [0.1, 0.15) is 56.7 Å². The Bertz CT molecular complexity index is 1290. The van der Waals surface area contributed by atoms with Crippen LogP contribution in [-0.2, 0) is 30.6 Å². The van der Waals surface area contributed by atoms with E-state index in [0.717, 1.165) is 47.5 Å². The minimum atomic E-state index is -1.22. The standard InChI is InChI=1S/C20H20N4O5S2/c1-2-12-22-17-15(10(8-30-17)20(28)29)19(27)24(12)7-13(25)23-18-14(16(21)26)9-5-3-4-6-11(9)31-18/h8H,2-7H2,1H3,(H2,21,26)(H,23,25)(H,28,29). The summed E-state index contributed by atoms with van der Waals surface area (Å²) in [5.74, 6) is -1.94. The van der Waals surface area contributed by atoms with Gasteiger partial charge in [-0.15, -0.1) is 22.7 Å². The van der Waals surface area contributed by atoms with E-state index < -0.39 is 23.3 Å². The minimum absolute atomic E-state index is 0.00749. The molecule has 4 N–H and O–H groups in total. The molecular weight excluding hydrogens is 440 g/mol. The van der Waals surface area contributed by atoms with E-state index in [1.54, 1.807) is 6.92 Å². The Labute approximate surface area is 184 Å². The summed E-state index contributed by atoms with van der Waals surface area (Å²) >= 11 is 2.42. The van der Waals surface area contributed by atoms with Crippen LogP contribution in [0.5, 0.6) is 0 Å². The van der Waals surface area contributed by atoms with E-state index >= 15 is 0 Å². The average Bonchev–Trinajstić information content (AvgIpc) is 3.31. The second kappa shape index (κ2) is 8.23. The van der Waals surface area contributed by atoms with Gasteiger partial charge in [-0.2, -0.15) is 0 Å². The summed E-state index contributed by atoms with van der Waals surface area (Å²) in [7, 11) is 0. The number of rotatable bonds is 6. The molecular formula is C20H20N4O5S2. The van der Waals surface area contributed by atoms with Gasteiger partial charge in [-0.3, -0.25) is 19.0 Å². The number of nitrogens with zero attached hydrogens (tertiary/aromatic N) is 2. The number of aromatic carboxylic acids is 1. The lowest BCUT2D eigenvalue weighted by Crippen LogP contribution is -2.31. The molecule has 0 saturated carbocycles. The van der Waals surface area contributed by atoms with Crippen LogP contribution >= 0.6 is 22.7 Å². The molecule has 0 atom stereocenters. The maximum atomic E-state index is 13.0. The quantitative estimate of drug-likeness (QED) is 0.515. The summed E-state index contributed by atoms with van der Waals surface area (Å²) in [6.07, 6.45) is 3.96. The SMILES string of the molecule is CCc1nc2scc(C(=O)O)c2c(=O)n1CC(=O)Nc1sc2c(c1C(N)=O)CCCC2. The third-order valence-electron chi connectivity index (χ3n) is 5.29. The van der Waals surface area contributed by atoms with Gasteiger partial charge in [0.15, 0.2) is 0 Å². The maximum Gasteiger partial charge on any atom is 0.337 e. The van der Waals surface area contributed by atoms with Crippen LogP contribution in [0.4, 0.5) is 5.00 Å². The number of carbonyl (C=O) groups is 3. The molecule has 0 aromatic carbocycles. The third-order valence-corrected chi connectivity index (χ3v) is 7.37. The number of aromatic nitrogens is 2. The van der Waals surface area contributed by atoms with Gasteiger partial charge in [0.2, 0.25) is 5.91 Å². The van der Waals surface area contributed by atoms with Gasteiger partial charge in [0.1, 0.15) is 22.2 Å². The molecule has 3 aromatic rings. The van der Waals surface area contributed by atoms with E-state index in [1.165, 1.54) is 21.3 Å². The van der Waals surface area contributed by atoms with E-state index in [4.69, 9.17) is 5.73 Å². The molecule has 31 heavy (non-hydrogen) atoms. The zero-order valence-electron chi connectivity index (χ0n) is 16.7. The van der Waals surface area contributed by atoms with E-state index in [0.29, 0.717) is 27.6 Å². The number of nitrogens with two attached hydrogens (primary N) is 1. The van der Waals surface area contributed by atoms with Crippen LogP contribution in [-0.4, -0.2) is 32.4 Å². The molecule has 0 radical (unpaired) electrons. The molecule has 3 aromatic heterocycles. The molecule has 0 unspecified atom stereocenters. The fourth-order valence-electron chi connectivity index (χ4n) is 3.88. The Kier molecular flexibility index (Phi) is 5.63. The predicted molar refractivity (Wildman–Crippen MR) is 118 cm³/mol. The highest BCUT2D eigenvalue weighted by Gasteiger charge is 2.26. The minimum Gasteiger partial charge on any atom is -0.478 e. The van der Waals surface area contributed by atoms with Gasteiger partial charge < -0.3 is 16.2 Å². The van der Waals surface area contributed by atoms with Crippen molar-refractivity contribution in [3.8, 4) is 0 Å². The molecule has 0 bridgehead atoms. The molecule has 4 rings (SSSR count). The Morgan fingerprint density at radius 2 is 2.03 bits per heavy atom. The Morgan fingerprint density at radius 1 is 1.29 bits per heavy atom. The molecule has 3 heterocycles. The summed E-state index contributed by atoms with van der Waals surface area (Å²) in [5.41, 5.74) is 6.12. The van der Waals surface area contributed by atoms with E-state index in [1.807, 2.05) is 0 Å². The monoisotopic (exact) mass is 460 g/mol. The molecule has 0 fully saturated rings. The fourth-order valence-corrected chi connectivity index (χ4v) is 6.11. The second-order valence-electron chi connectivity index (χ2n) is 7.24. The van der Waals surface area contributed by atoms with Gasteiger partial charge in [0.05, 0.1) is 16.5 Å². The zero-order chi connectivity index (χ0) is 22.3. The van der Waals surface area contributed by atoms with Gasteiger partial charge in [-0.05, 0) is 31.2 Å². The van der Waals surface area contributed by atoms with Crippen molar-refractivity contribution in [3.63, 3.8) is 0 Å². The van der Waals surface area contributed by atoms with Gasteiger partial charge in [-0.25, -0.2) is 9.78 Å². The molecule has 9 nitrogen and oxygen atoms in total. The first-order chi connectivity index (χ1) is 14.8. The Morgan fingerprint density at radius 3 is 2.71 bits per heavy atom. The van der Waals surface area contributed by atoms with Crippen molar-refractivity contribution in [1.82, 2.24) is 9.55 Å². The van der Waals surface area contributed by atoms with Crippen LogP contribution in [0, 0.1) is 0 Å². The molecule has 1 aliphatic rings. The number of nitrogens with one attached hydrogen (secondary N) is 1. The van der Waals surface area contributed by atoms with Gasteiger partial charge in [0.25, 0.3) is 11.5 Å². The smallest absolute Gasteiger partial charge is 0.337 e. The highest BCUT2D eigenvalue weighted by Crippen LogP contribution is 2.37. The number of aryl methyl sites for hydroxylation is 2. The van der Waals surface area contributed by atoms with Gasteiger partial charge >= 0.3 is 5.97 Å². The van der Waals surface area contributed by atoms with E-state index in [-0.39, 0.29) is 17.5 Å². The zero-order valence-corrected chi connectivity index (χ0v) is 18.3. The number of primary amides is 1. The van der Waals surface area contributed by atoms with Crippen molar-refractivity contribution in [2.24, 2.45) is 5.73 Å². The number of hydrogen-bond donors (Lipinski definition) is 3. The van der Waals surface area contributed by atoms with Crippen molar-refractivity contribution in [2.75, 3.05) is 5.32 Å². The van der Waals surface area contributed by atoms with Crippen molar-refractivity contribution < 1.29 is 19.5 Å². The number of thiophene rings is 2. The van der Waals surface area contributed by atoms with Crippen LogP contribution < -0.4 is 16.6 Å². The first-order valence-corrected chi connectivity index (χ1v) is 11.5. The summed E-state index contributed by atoms with van der Waals surface area (Å²) in [6.45, 7) is 1.45.